The fourth-order valence-corrected chi connectivity index (χ4v) is 1.84. The molecule has 1 heterocycles. The van der Waals surface area contributed by atoms with Crippen molar-refractivity contribution in [3.8, 4) is 11.5 Å². The second-order valence-electron chi connectivity index (χ2n) is 5.81. The Balaban J connectivity index is 1.84. The molecule has 0 radical (unpaired) electrons. The van der Waals surface area contributed by atoms with Gasteiger partial charge in [0.1, 0.15) is 5.60 Å². The highest BCUT2D eigenvalue weighted by molar-refractivity contribution is 5.67. The van der Waals surface area contributed by atoms with Crippen molar-refractivity contribution in [2.24, 2.45) is 0 Å². The molecule has 0 unspecified atom stereocenters. The number of nitrogens with one attached hydrogen (secondary N) is 2. The molecule has 1 amide bonds. The fourth-order valence-electron chi connectivity index (χ4n) is 1.84. The number of carbonyl (C=O) groups excluding carboxylic acids is 1. The highest BCUT2D eigenvalue weighted by atomic mass is 16.6. The fraction of sp³-hybridized carbons (Fsp3) is 0.533. The maximum absolute atomic E-state index is 11.5. The topological polar surface area (TPSA) is 68.8 Å². The molecule has 1 aromatic carbocycles. The van der Waals surface area contributed by atoms with Crippen molar-refractivity contribution in [1.29, 1.82) is 0 Å². The summed E-state index contributed by atoms with van der Waals surface area (Å²) in [5.41, 5.74) is 5.79. The summed E-state index contributed by atoms with van der Waals surface area (Å²) in [6.07, 6.45) is 0.375. The van der Waals surface area contributed by atoms with Crippen LogP contribution in [-0.4, -0.2) is 24.9 Å². The van der Waals surface area contributed by atoms with E-state index in [0.717, 1.165) is 23.5 Å². The van der Waals surface area contributed by atoms with Gasteiger partial charge in [-0.25, -0.2) is 10.2 Å². The third kappa shape index (κ3) is 5.15. The van der Waals surface area contributed by atoms with Gasteiger partial charge in [0.2, 0.25) is 0 Å². The van der Waals surface area contributed by atoms with Gasteiger partial charge in [-0.2, -0.15) is 0 Å². The Bertz CT molecular complexity index is 497. The van der Waals surface area contributed by atoms with Gasteiger partial charge < -0.3 is 14.2 Å². The van der Waals surface area contributed by atoms with E-state index in [0.29, 0.717) is 19.8 Å². The van der Waals surface area contributed by atoms with E-state index >= 15 is 0 Å². The van der Waals surface area contributed by atoms with Gasteiger partial charge in [0.15, 0.2) is 11.5 Å². The Hall–Kier alpha value is -1.95. The van der Waals surface area contributed by atoms with Crippen LogP contribution in [0.4, 0.5) is 4.79 Å². The van der Waals surface area contributed by atoms with Crippen LogP contribution in [0.1, 0.15) is 32.8 Å². The maximum atomic E-state index is 11.5. The average molecular weight is 294 g/mol. The van der Waals surface area contributed by atoms with Crippen LogP contribution in [0.15, 0.2) is 18.2 Å². The first-order valence-electron chi connectivity index (χ1n) is 7.04. The van der Waals surface area contributed by atoms with Crippen molar-refractivity contribution in [2.75, 3.05) is 13.2 Å². The molecule has 0 fully saturated rings. The molecule has 0 bridgehead atoms. The van der Waals surface area contributed by atoms with Gasteiger partial charge in [-0.3, -0.25) is 5.43 Å². The predicted octanol–water partition coefficient (Wildman–Crippen LogP) is 2.38. The third-order valence-corrected chi connectivity index (χ3v) is 2.69. The Morgan fingerprint density at radius 3 is 2.67 bits per heavy atom. The van der Waals surface area contributed by atoms with Crippen LogP contribution in [0.2, 0.25) is 0 Å². The Kier molecular flexibility index (Phi) is 4.90. The van der Waals surface area contributed by atoms with Crippen molar-refractivity contribution in [1.82, 2.24) is 10.9 Å². The second-order valence-corrected chi connectivity index (χ2v) is 5.81. The van der Waals surface area contributed by atoms with Crippen LogP contribution in [0.25, 0.3) is 0 Å². The van der Waals surface area contributed by atoms with Crippen molar-refractivity contribution < 1.29 is 19.0 Å². The molecule has 21 heavy (non-hydrogen) atoms. The van der Waals surface area contributed by atoms with E-state index in [1.54, 1.807) is 0 Å². The standard InChI is InChI=1S/C15H22N2O4/c1-15(2,3)21-14(18)17-16-10-11-5-6-12-13(9-11)20-8-4-7-19-12/h5-6,9,16H,4,7-8,10H2,1-3H3,(H,17,18). The van der Waals surface area contributed by atoms with Gasteiger partial charge in [-0.05, 0) is 38.5 Å². The van der Waals surface area contributed by atoms with E-state index in [2.05, 4.69) is 10.9 Å². The first-order chi connectivity index (χ1) is 9.94. The number of amides is 1. The monoisotopic (exact) mass is 294 g/mol. The summed E-state index contributed by atoms with van der Waals surface area (Å²) in [6.45, 7) is 7.24. The molecule has 1 aliphatic heterocycles. The lowest BCUT2D eigenvalue weighted by atomic mass is 10.2. The van der Waals surface area contributed by atoms with Crippen molar-refractivity contribution in [3.05, 3.63) is 23.8 Å². The van der Waals surface area contributed by atoms with Crippen LogP contribution >= 0.6 is 0 Å². The van der Waals surface area contributed by atoms with E-state index < -0.39 is 11.7 Å². The minimum atomic E-state index is -0.513. The first-order valence-corrected chi connectivity index (χ1v) is 7.04. The summed E-state index contributed by atoms with van der Waals surface area (Å²) in [7, 11) is 0. The van der Waals surface area contributed by atoms with Gasteiger partial charge >= 0.3 is 6.09 Å². The number of hydrazine groups is 1. The maximum Gasteiger partial charge on any atom is 0.422 e. The minimum absolute atomic E-state index is 0.468. The lowest BCUT2D eigenvalue weighted by Gasteiger charge is -2.19. The quantitative estimate of drug-likeness (QED) is 0.838. The van der Waals surface area contributed by atoms with Crippen LogP contribution < -0.4 is 20.3 Å². The summed E-state index contributed by atoms with van der Waals surface area (Å²) >= 11 is 0. The van der Waals surface area contributed by atoms with Gasteiger partial charge in [0, 0.05) is 13.0 Å². The summed E-state index contributed by atoms with van der Waals surface area (Å²) in [4.78, 5) is 11.5. The Morgan fingerprint density at radius 2 is 1.95 bits per heavy atom. The molecule has 0 saturated carbocycles. The van der Waals surface area contributed by atoms with Gasteiger partial charge in [-0.15, -0.1) is 0 Å². The number of ether oxygens (including phenoxy) is 3. The molecule has 0 aromatic heterocycles. The van der Waals surface area contributed by atoms with Crippen molar-refractivity contribution in [3.63, 3.8) is 0 Å². The number of carbonyl (C=O) groups is 1. The number of hydrogen-bond donors (Lipinski definition) is 2. The van der Waals surface area contributed by atoms with Crippen LogP contribution in [-0.2, 0) is 11.3 Å². The lowest BCUT2D eigenvalue weighted by Crippen LogP contribution is -2.40. The molecule has 0 aliphatic carbocycles. The smallest absolute Gasteiger partial charge is 0.422 e. The Labute approximate surface area is 124 Å². The molecular formula is C15H22N2O4. The highest BCUT2D eigenvalue weighted by Gasteiger charge is 2.15. The van der Waals surface area contributed by atoms with Crippen molar-refractivity contribution >= 4 is 6.09 Å². The van der Waals surface area contributed by atoms with Crippen LogP contribution in [0.5, 0.6) is 11.5 Å². The number of hydrogen-bond acceptors (Lipinski definition) is 5. The van der Waals surface area contributed by atoms with Crippen LogP contribution in [0.3, 0.4) is 0 Å². The lowest BCUT2D eigenvalue weighted by molar-refractivity contribution is 0.0497. The third-order valence-electron chi connectivity index (χ3n) is 2.69. The molecule has 1 aliphatic rings. The summed E-state index contributed by atoms with van der Waals surface area (Å²) in [5.74, 6) is 1.50. The minimum Gasteiger partial charge on any atom is -0.490 e. The molecular weight excluding hydrogens is 272 g/mol. The molecule has 0 saturated heterocycles. The predicted molar refractivity (Wildman–Crippen MR) is 78.3 cm³/mol. The largest absolute Gasteiger partial charge is 0.490 e. The molecule has 0 atom stereocenters. The van der Waals surface area contributed by atoms with Gasteiger partial charge in [0.05, 0.1) is 13.2 Å². The number of rotatable bonds is 3. The van der Waals surface area contributed by atoms with E-state index in [9.17, 15) is 4.79 Å². The molecule has 116 valence electrons. The van der Waals surface area contributed by atoms with E-state index in [1.807, 2.05) is 39.0 Å². The van der Waals surface area contributed by atoms with Gasteiger partial charge in [0.25, 0.3) is 0 Å². The normalized spacial score (nSPS) is 14.2. The van der Waals surface area contributed by atoms with Gasteiger partial charge in [-0.1, -0.05) is 6.07 Å². The number of benzene rings is 1. The summed E-state index contributed by atoms with van der Waals surface area (Å²) < 4.78 is 16.3. The average Bonchev–Trinajstić information content (AvgIpc) is 2.61. The zero-order chi connectivity index (χ0) is 15.3. The molecule has 2 N–H and O–H groups in total. The number of fused-ring (bicyclic) bond motifs is 1. The second kappa shape index (κ2) is 6.67. The highest BCUT2D eigenvalue weighted by Crippen LogP contribution is 2.30. The summed E-state index contributed by atoms with van der Waals surface area (Å²) in [6, 6.07) is 5.72. The van der Waals surface area contributed by atoms with E-state index in [4.69, 9.17) is 14.2 Å². The molecule has 6 heteroatoms. The van der Waals surface area contributed by atoms with Crippen LogP contribution in [0, 0.1) is 0 Å². The van der Waals surface area contributed by atoms with E-state index in [-0.39, 0.29) is 0 Å². The zero-order valence-corrected chi connectivity index (χ0v) is 12.7. The van der Waals surface area contributed by atoms with E-state index in [1.165, 1.54) is 0 Å². The summed E-state index contributed by atoms with van der Waals surface area (Å²) in [5, 5.41) is 0. The van der Waals surface area contributed by atoms with Crippen molar-refractivity contribution in [2.45, 2.75) is 39.3 Å². The Morgan fingerprint density at radius 1 is 1.24 bits per heavy atom. The molecule has 2 rings (SSSR count). The first kappa shape index (κ1) is 15.4. The molecule has 6 nitrogen and oxygen atoms in total. The zero-order valence-electron chi connectivity index (χ0n) is 12.7. The SMILES string of the molecule is CC(C)(C)OC(=O)NNCc1ccc2c(c1)OCCCO2. The molecule has 1 aromatic rings. The molecule has 0 spiro atoms.